The van der Waals surface area contributed by atoms with Gasteiger partial charge in [0.2, 0.25) is 0 Å². The number of aliphatic hydroxyl groups is 1. The van der Waals surface area contributed by atoms with E-state index in [-0.39, 0.29) is 11.6 Å². The maximum atomic E-state index is 9.52. The van der Waals surface area contributed by atoms with Crippen molar-refractivity contribution in [2.45, 2.75) is 50.2 Å². The molecule has 0 aromatic heterocycles. The Bertz CT molecular complexity index is 204. The minimum atomic E-state index is -0.0899. The van der Waals surface area contributed by atoms with Gasteiger partial charge in [-0.3, -0.25) is 0 Å². The van der Waals surface area contributed by atoms with Crippen molar-refractivity contribution >= 4 is 0 Å². The highest BCUT2D eigenvalue weighted by Gasteiger charge is 2.38. The second kappa shape index (κ2) is 4.40. The standard InChI is InChI=1S/C12H24N2O/c1-14-8-4-10(5-9-14)12(13)6-2-11(15)3-7-12/h10-11,15H,2-9,13H2,1H3. The number of nitrogens with zero attached hydrogens (tertiary/aromatic N) is 1. The number of hydrogen-bond acceptors (Lipinski definition) is 3. The number of aliphatic hydroxyl groups excluding tert-OH is 1. The number of nitrogens with two attached hydrogens (primary N) is 1. The Labute approximate surface area is 92.6 Å². The third kappa shape index (κ3) is 2.52. The molecule has 2 fully saturated rings. The summed E-state index contributed by atoms with van der Waals surface area (Å²) in [5, 5.41) is 9.52. The summed E-state index contributed by atoms with van der Waals surface area (Å²) in [6.07, 6.45) is 6.23. The Balaban J connectivity index is 1.91. The van der Waals surface area contributed by atoms with E-state index >= 15 is 0 Å². The summed E-state index contributed by atoms with van der Waals surface area (Å²) in [5.74, 6) is 0.682. The van der Waals surface area contributed by atoms with E-state index in [9.17, 15) is 5.11 Å². The lowest BCUT2D eigenvalue weighted by atomic mass is 9.69. The Kier molecular flexibility index (Phi) is 3.33. The van der Waals surface area contributed by atoms with Gasteiger partial charge in [0, 0.05) is 5.54 Å². The van der Waals surface area contributed by atoms with Crippen molar-refractivity contribution in [1.29, 1.82) is 0 Å². The monoisotopic (exact) mass is 212 g/mol. The van der Waals surface area contributed by atoms with Crippen LogP contribution in [0.25, 0.3) is 0 Å². The van der Waals surface area contributed by atoms with Crippen molar-refractivity contribution in [3.63, 3.8) is 0 Å². The summed E-state index contributed by atoms with van der Waals surface area (Å²) in [6.45, 7) is 2.37. The minimum Gasteiger partial charge on any atom is -0.393 e. The zero-order chi connectivity index (χ0) is 10.9. The largest absolute Gasteiger partial charge is 0.393 e. The van der Waals surface area contributed by atoms with Crippen LogP contribution in [0, 0.1) is 5.92 Å². The van der Waals surface area contributed by atoms with Gasteiger partial charge in [-0.25, -0.2) is 0 Å². The highest BCUT2D eigenvalue weighted by Crippen LogP contribution is 2.37. The van der Waals surface area contributed by atoms with Crippen LogP contribution in [0.2, 0.25) is 0 Å². The van der Waals surface area contributed by atoms with Gasteiger partial charge in [0.05, 0.1) is 6.10 Å². The van der Waals surface area contributed by atoms with Crippen LogP contribution in [0.15, 0.2) is 0 Å². The molecule has 3 N–H and O–H groups in total. The molecule has 0 unspecified atom stereocenters. The van der Waals surface area contributed by atoms with Gasteiger partial charge in [0.25, 0.3) is 0 Å². The molecule has 1 aliphatic carbocycles. The third-order valence-electron chi connectivity index (χ3n) is 4.42. The van der Waals surface area contributed by atoms with Crippen molar-refractivity contribution in [3.05, 3.63) is 0 Å². The fraction of sp³-hybridized carbons (Fsp3) is 1.00. The fourth-order valence-corrected chi connectivity index (χ4v) is 3.13. The summed E-state index contributed by atoms with van der Waals surface area (Å²) in [5.41, 5.74) is 6.54. The smallest absolute Gasteiger partial charge is 0.0541 e. The molecule has 0 spiro atoms. The van der Waals surface area contributed by atoms with E-state index in [0.29, 0.717) is 5.92 Å². The molecule has 0 bridgehead atoms. The molecule has 3 nitrogen and oxygen atoms in total. The molecular formula is C12H24N2O. The number of rotatable bonds is 1. The van der Waals surface area contributed by atoms with Crippen LogP contribution >= 0.6 is 0 Å². The van der Waals surface area contributed by atoms with Crippen molar-refractivity contribution < 1.29 is 5.11 Å². The molecule has 88 valence electrons. The molecule has 0 radical (unpaired) electrons. The van der Waals surface area contributed by atoms with Gasteiger partial charge < -0.3 is 15.7 Å². The van der Waals surface area contributed by atoms with Gasteiger partial charge in [0.1, 0.15) is 0 Å². The topological polar surface area (TPSA) is 49.5 Å². The van der Waals surface area contributed by atoms with Gasteiger partial charge in [-0.05, 0) is 64.6 Å². The molecule has 0 aromatic rings. The predicted octanol–water partition coefficient (Wildman–Crippen LogP) is 0.961. The first kappa shape index (κ1) is 11.4. The average molecular weight is 212 g/mol. The van der Waals surface area contributed by atoms with E-state index < -0.39 is 0 Å². The molecule has 1 saturated heterocycles. The Morgan fingerprint density at radius 3 is 2.20 bits per heavy atom. The maximum Gasteiger partial charge on any atom is 0.0541 e. The molecule has 1 aliphatic heterocycles. The molecule has 0 atom stereocenters. The molecule has 2 aliphatic rings. The zero-order valence-electron chi connectivity index (χ0n) is 9.78. The first-order valence-electron chi connectivity index (χ1n) is 6.26. The van der Waals surface area contributed by atoms with Crippen LogP contribution in [-0.2, 0) is 0 Å². The predicted molar refractivity (Wildman–Crippen MR) is 61.6 cm³/mol. The summed E-state index contributed by atoms with van der Waals surface area (Å²) < 4.78 is 0. The van der Waals surface area contributed by atoms with Crippen LogP contribution in [0.4, 0.5) is 0 Å². The molecule has 0 amide bonds. The lowest BCUT2D eigenvalue weighted by molar-refractivity contribution is 0.0546. The lowest BCUT2D eigenvalue weighted by Gasteiger charge is -2.45. The van der Waals surface area contributed by atoms with Crippen molar-refractivity contribution in [2.75, 3.05) is 20.1 Å². The van der Waals surface area contributed by atoms with E-state index in [0.717, 1.165) is 25.7 Å². The second-order valence-corrected chi connectivity index (χ2v) is 5.54. The maximum absolute atomic E-state index is 9.52. The number of hydrogen-bond donors (Lipinski definition) is 2. The summed E-state index contributed by atoms with van der Waals surface area (Å²) in [7, 11) is 2.18. The zero-order valence-corrected chi connectivity index (χ0v) is 9.78. The molecule has 2 rings (SSSR count). The van der Waals surface area contributed by atoms with E-state index in [2.05, 4.69) is 11.9 Å². The van der Waals surface area contributed by atoms with Gasteiger partial charge in [-0.2, -0.15) is 0 Å². The molecule has 15 heavy (non-hydrogen) atoms. The number of piperidine rings is 1. The molecule has 1 heterocycles. The van der Waals surface area contributed by atoms with E-state index in [1.807, 2.05) is 0 Å². The van der Waals surface area contributed by atoms with Crippen LogP contribution in [0.1, 0.15) is 38.5 Å². The first-order chi connectivity index (χ1) is 7.10. The Morgan fingerprint density at radius 1 is 1.13 bits per heavy atom. The summed E-state index contributed by atoms with van der Waals surface area (Å²) >= 11 is 0. The summed E-state index contributed by atoms with van der Waals surface area (Å²) in [6, 6.07) is 0. The van der Waals surface area contributed by atoms with Crippen molar-refractivity contribution in [3.8, 4) is 0 Å². The van der Waals surface area contributed by atoms with Gasteiger partial charge >= 0.3 is 0 Å². The summed E-state index contributed by atoms with van der Waals surface area (Å²) in [4.78, 5) is 2.39. The highest BCUT2D eigenvalue weighted by molar-refractivity contribution is 4.96. The molecule has 0 aromatic carbocycles. The Hall–Kier alpha value is -0.120. The minimum absolute atomic E-state index is 0.0283. The normalized spacial score (nSPS) is 40.6. The molecule has 3 heteroatoms. The number of likely N-dealkylation sites (tertiary alicyclic amines) is 1. The average Bonchev–Trinajstić information content (AvgIpc) is 2.24. The van der Waals surface area contributed by atoms with E-state index in [1.165, 1.54) is 25.9 Å². The fourth-order valence-electron chi connectivity index (χ4n) is 3.13. The molecular weight excluding hydrogens is 188 g/mol. The Morgan fingerprint density at radius 2 is 1.67 bits per heavy atom. The first-order valence-corrected chi connectivity index (χ1v) is 6.26. The lowest BCUT2D eigenvalue weighted by Crippen LogP contribution is -2.53. The van der Waals surface area contributed by atoms with Crippen LogP contribution < -0.4 is 5.73 Å². The van der Waals surface area contributed by atoms with E-state index in [4.69, 9.17) is 5.73 Å². The van der Waals surface area contributed by atoms with Gasteiger partial charge in [-0.15, -0.1) is 0 Å². The third-order valence-corrected chi connectivity index (χ3v) is 4.42. The second-order valence-electron chi connectivity index (χ2n) is 5.54. The van der Waals surface area contributed by atoms with Gasteiger partial charge in [-0.1, -0.05) is 0 Å². The quantitative estimate of drug-likeness (QED) is 0.680. The highest BCUT2D eigenvalue weighted by atomic mass is 16.3. The SMILES string of the molecule is CN1CCC(C2(N)CCC(O)CC2)CC1. The van der Waals surface area contributed by atoms with Crippen LogP contribution in [-0.4, -0.2) is 41.8 Å². The van der Waals surface area contributed by atoms with Crippen LogP contribution in [0.3, 0.4) is 0 Å². The van der Waals surface area contributed by atoms with Crippen LogP contribution in [0.5, 0.6) is 0 Å². The molecule has 1 saturated carbocycles. The van der Waals surface area contributed by atoms with Crippen molar-refractivity contribution in [1.82, 2.24) is 4.90 Å². The van der Waals surface area contributed by atoms with Crippen molar-refractivity contribution in [2.24, 2.45) is 11.7 Å². The van der Waals surface area contributed by atoms with E-state index in [1.54, 1.807) is 0 Å². The van der Waals surface area contributed by atoms with Gasteiger partial charge in [0.15, 0.2) is 0 Å².